The van der Waals surface area contributed by atoms with E-state index in [-0.39, 0.29) is 6.04 Å². The summed E-state index contributed by atoms with van der Waals surface area (Å²) in [6.07, 6.45) is 0. The van der Waals surface area contributed by atoms with Gasteiger partial charge in [-0.15, -0.1) is 0 Å². The molecule has 1 rings (SSSR count). The minimum absolute atomic E-state index is 0.0326. The lowest BCUT2D eigenvalue weighted by molar-refractivity contribution is -0.139. The maximum absolute atomic E-state index is 10.6. The average molecular weight is 228 g/mol. The van der Waals surface area contributed by atoms with Crippen LogP contribution in [0.4, 0.5) is 0 Å². The Balaban J connectivity index is 2.68. The lowest BCUT2D eigenvalue weighted by Crippen LogP contribution is -2.35. The highest BCUT2D eigenvalue weighted by Gasteiger charge is 2.14. The van der Waals surface area contributed by atoms with E-state index in [1.54, 1.807) is 13.0 Å². The van der Waals surface area contributed by atoms with Crippen LogP contribution in [0.3, 0.4) is 0 Å². The molecular weight excluding hydrogens is 214 g/mol. The summed E-state index contributed by atoms with van der Waals surface area (Å²) in [5.41, 5.74) is 0.982. The summed E-state index contributed by atoms with van der Waals surface area (Å²) in [7, 11) is 0. The molecule has 0 aliphatic carbocycles. The van der Waals surface area contributed by atoms with Gasteiger partial charge in [0.05, 0.1) is 0 Å². The van der Waals surface area contributed by atoms with Crippen molar-refractivity contribution in [2.75, 3.05) is 0 Å². The lowest BCUT2D eigenvalue weighted by atomic mass is 10.1. The molecule has 0 spiro atoms. The Morgan fingerprint density at radius 2 is 2.13 bits per heavy atom. The zero-order chi connectivity index (χ0) is 11.4. The van der Waals surface area contributed by atoms with Gasteiger partial charge >= 0.3 is 5.97 Å². The van der Waals surface area contributed by atoms with Gasteiger partial charge in [-0.2, -0.15) is 0 Å². The van der Waals surface area contributed by atoms with Crippen molar-refractivity contribution in [3.8, 4) is 0 Å². The van der Waals surface area contributed by atoms with Gasteiger partial charge < -0.3 is 5.11 Å². The lowest BCUT2D eigenvalue weighted by Gasteiger charge is -2.17. The number of rotatable bonds is 4. The van der Waals surface area contributed by atoms with E-state index in [1.165, 1.54) is 0 Å². The fraction of sp³-hybridized carbons (Fsp3) is 0.364. The molecule has 0 aliphatic rings. The number of benzene rings is 1. The summed E-state index contributed by atoms with van der Waals surface area (Å²) in [5, 5.41) is 12.4. The first kappa shape index (κ1) is 12.0. The molecule has 4 heteroatoms. The number of carboxylic acids is 1. The van der Waals surface area contributed by atoms with Crippen molar-refractivity contribution >= 4 is 17.6 Å². The number of nitrogens with one attached hydrogen (secondary N) is 1. The van der Waals surface area contributed by atoms with Crippen LogP contribution in [-0.2, 0) is 4.79 Å². The van der Waals surface area contributed by atoms with Crippen LogP contribution in [0.25, 0.3) is 0 Å². The molecule has 2 unspecified atom stereocenters. The van der Waals surface area contributed by atoms with Gasteiger partial charge in [-0.3, -0.25) is 10.1 Å². The number of carbonyl (C=O) groups is 1. The molecular formula is C11H14ClNO2. The van der Waals surface area contributed by atoms with E-state index in [0.717, 1.165) is 5.56 Å². The van der Waals surface area contributed by atoms with Crippen molar-refractivity contribution in [3.05, 3.63) is 34.9 Å². The highest BCUT2D eigenvalue weighted by molar-refractivity contribution is 6.30. The first-order valence-electron chi connectivity index (χ1n) is 4.75. The average Bonchev–Trinajstić information content (AvgIpc) is 2.17. The molecule has 0 aliphatic heterocycles. The molecule has 1 aromatic carbocycles. The van der Waals surface area contributed by atoms with Gasteiger partial charge in [0.1, 0.15) is 6.04 Å². The first-order valence-corrected chi connectivity index (χ1v) is 5.13. The molecule has 1 aromatic rings. The minimum atomic E-state index is -0.858. The van der Waals surface area contributed by atoms with E-state index in [0.29, 0.717) is 5.02 Å². The predicted molar refractivity (Wildman–Crippen MR) is 60.1 cm³/mol. The van der Waals surface area contributed by atoms with E-state index >= 15 is 0 Å². The molecule has 15 heavy (non-hydrogen) atoms. The summed E-state index contributed by atoms with van der Waals surface area (Å²) < 4.78 is 0. The normalized spacial score (nSPS) is 14.6. The third-order valence-corrected chi connectivity index (χ3v) is 2.45. The second kappa shape index (κ2) is 5.14. The SMILES string of the molecule is CC(NC(C)c1cccc(Cl)c1)C(=O)O. The van der Waals surface area contributed by atoms with Crippen molar-refractivity contribution < 1.29 is 9.90 Å². The first-order chi connectivity index (χ1) is 7.00. The summed E-state index contributed by atoms with van der Waals surface area (Å²) >= 11 is 5.84. The molecule has 2 N–H and O–H groups in total. The molecule has 2 atom stereocenters. The number of carboxylic acid groups (broad SMARTS) is 1. The van der Waals surface area contributed by atoms with Crippen LogP contribution in [0, 0.1) is 0 Å². The summed E-state index contributed by atoms with van der Waals surface area (Å²) in [6.45, 7) is 3.52. The number of aliphatic carboxylic acids is 1. The van der Waals surface area contributed by atoms with Crippen LogP contribution in [-0.4, -0.2) is 17.1 Å². The Morgan fingerprint density at radius 3 is 2.67 bits per heavy atom. The van der Waals surface area contributed by atoms with Crippen LogP contribution < -0.4 is 5.32 Å². The van der Waals surface area contributed by atoms with Gasteiger partial charge in [-0.05, 0) is 31.5 Å². The zero-order valence-electron chi connectivity index (χ0n) is 8.70. The quantitative estimate of drug-likeness (QED) is 0.831. The molecule has 3 nitrogen and oxygen atoms in total. The number of hydrogen-bond acceptors (Lipinski definition) is 2. The van der Waals surface area contributed by atoms with E-state index < -0.39 is 12.0 Å². The highest BCUT2D eigenvalue weighted by atomic mass is 35.5. The van der Waals surface area contributed by atoms with Crippen molar-refractivity contribution in [2.24, 2.45) is 0 Å². The van der Waals surface area contributed by atoms with Crippen molar-refractivity contribution in [1.82, 2.24) is 5.32 Å². The molecule has 0 heterocycles. The van der Waals surface area contributed by atoms with Crippen LogP contribution in [0.5, 0.6) is 0 Å². The fourth-order valence-corrected chi connectivity index (χ4v) is 1.52. The Labute approximate surface area is 94.1 Å². The van der Waals surface area contributed by atoms with Gasteiger partial charge in [0, 0.05) is 11.1 Å². The Bertz CT molecular complexity index is 354. The fourth-order valence-electron chi connectivity index (χ4n) is 1.32. The molecule has 0 bridgehead atoms. The maximum Gasteiger partial charge on any atom is 0.320 e. The standard InChI is InChI=1S/C11H14ClNO2/c1-7(13-8(2)11(14)15)9-4-3-5-10(12)6-9/h3-8,13H,1-2H3,(H,14,15). The Morgan fingerprint density at radius 1 is 1.47 bits per heavy atom. The third kappa shape index (κ3) is 3.53. The van der Waals surface area contributed by atoms with Gasteiger partial charge in [0.2, 0.25) is 0 Å². The summed E-state index contributed by atoms with van der Waals surface area (Å²) in [6, 6.07) is 6.78. The van der Waals surface area contributed by atoms with Gasteiger partial charge in [-0.1, -0.05) is 23.7 Å². The van der Waals surface area contributed by atoms with Crippen LogP contribution in [0.2, 0.25) is 5.02 Å². The largest absolute Gasteiger partial charge is 0.480 e. The van der Waals surface area contributed by atoms with Crippen LogP contribution >= 0.6 is 11.6 Å². The highest BCUT2D eigenvalue weighted by Crippen LogP contribution is 2.17. The molecule has 0 saturated heterocycles. The van der Waals surface area contributed by atoms with Gasteiger partial charge in [0.15, 0.2) is 0 Å². The zero-order valence-corrected chi connectivity index (χ0v) is 9.45. The molecule has 82 valence electrons. The molecule has 0 fully saturated rings. The van der Waals surface area contributed by atoms with Crippen molar-refractivity contribution in [3.63, 3.8) is 0 Å². The molecule has 0 aromatic heterocycles. The van der Waals surface area contributed by atoms with E-state index in [9.17, 15) is 4.79 Å². The van der Waals surface area contributed by atoms with Gasteiger partial charge in [0.25, 0.3) is 0 Å². The second-order valence-electron chi connectivity index (χ2n) is 3.50. The van der Waals surface area contributed by atoms with Gasteiger partial charge in [-0.25, -0.2) is 0 Å². The minimum Gasteiger partial charge on any atom is -0.480 e. The van der Waals surface area contributed by atoms with Crippen molar-refractivity contribution in [1.29, 1.82) is 0 Å². The Kier molecular flexibility index (Phi) is 4.12. The maximum atomic E-state index is 10.6. The van der Waals surface area contributed by atoms with Crippen molar-refractivity contribution in [2.45, 2.75) is 25.9 Å². The number of halogens is 1. The van der Waals surface area contributed by atoms with Crippen LogP contribution in [0.15, 0.2) is 24.3 Å². The molecule has 0 amide bonds. The smallest absolute Gasteiger partial charge is 0.320 e. The number of hydrogen-bond donors (Lipinski definition) is 2. The van der Waals surface area contributed by atoms with E-state index in [2.05, 4.69) is 5.32 Å². The summed E-state index contributed by atoms with van der Waals surface area (Å²) in [5.74, 6) is -0.858. The van der Waals surface area contributed by atoms with Crippen LogP contribution in [0.1, 0.15) is 25.5 Å². The molecule has 0 saturated carbocycles. The third-order valence-electron chi connectivity index (χ3n) is 2.22. The monoisotopic (exact) mass is 227 g/mol. The van der Waals surface area contributed by atoms with E-state index in [1.807, 2.05) is 25.1 Å². The van der Waals surface area contributed by atoms with E-state index in [4.69, 9.17) is 16.7 Å². The topological polar surface area (TPSA) is 49.3 Å². The predicted octanol–water partition coefficient (Wildman–Crippen LogP) is 2.46. The molecule has 0 radical (unpaired) electrons. The summed E-state index contributed by atoms with van der Waals surface area (Å²) in [4.78, 5) is 10.6. The Hall–Kier alpha value is -1.06. The second-order valence-corrected chi connectivity index (χ2v) is 3.94.